The van der Waals surface area contributed by atoms with Gasteiger partial charge in [0.2, 0.25) is 0 Å². The largest absolute Gasteiger partial charge is 0.381 e. The van der Waals surface area contributed by atoms with Crippen molar-refractivity contribution in [3.05, 3.63) is 71.8 Å². The molecule has 0 aliphatic rings. The lowest BCUT2D eigenvalue weighted by atomic mass is 9.83. The predicted octanol–water partition coefficient (Wildman–Crippen LogP) is 3.79. The van der Waals surface area contributed by atoms with Crippen LogP contribution in [-0.4, -0.2) is 10.9 Å². The maximum atomic E-state index is 11.7. The van der Waals surface area contributed by atoms with Gasteiger partial charge in [-0.3, -0.25) is 4.79 Å². The first kappa shape index (κ1) is 15.1. The molecule has 0 aliphatic heterocycles. The van der Waals surface area contributed by atoms with E-state index in [4.69, 9.17) is 0 Å². The van der Waals surface area contributed by atoms with Crippen LogP contribution in [0.4, 0.5) is 0 Å². The minimum atomic E-state index is -1.25. The predicted molar refractivity (Wildman–Crippen MR) is 79.1 cm³/mol. The van der Waals surface area contributed by atoms with Crippen LogP contribution in [0.1, 0.15) is 36.7 Å². The van der Waals surface area contributed by atoms with Gasteiger partial charge in [-0.05, 0) is 31.9 Å². The van der Waals surface area contributed by atoms with Crippen molar-refractivity contribution in [2.24, 2.45) is 0 Å². The van der Waals surface area contributed by atoms with Crippen LogP contribution in [0.25, 0.3) is 0 Å². The standard InChI is InChI=1S/C17H20O2/c1-5-7-10-14(6-2)17(4,19)16-12-9-8-11-15(16)13(3)18/h5-12,19H,2H2,1,3-4H3/b7-5-,14-10+. The van der Waals surface area contributed by atoms with Gasteiger partial charge in [0.25, 0.3) is 0 Å². The number of hydrogen-bond acceptors (Lipinski definition) is 2. The fourth-order valence-electron chi connectivity index (χ4n) is 2.00. The molecule has 0 spiro atoms. The molecule has 2 nitrogen and oxygen atoms in total. The van der Waals surface area contributed by atoms with Crippen LogP contribution < -0.4 is 0 Å². The van der Waals surface area contributed by atoms with Crippen molar-refractivity contribution in [3.8, 4) is 0 Å². The van der Waals surface area contributed by atoms with E-state index in [1.807, 2.05) is 25.1 Å². The maximum Gasteiger partial charge on any atom is 0.160 e. The molecular weight excluding hydrogens is 236 g/mol. The second kappa shape index (κ2) is 6.30. The summed E-state index contributed by atoms with van der Waals surface area (Å²) in [6.45, 7) is 8.80. The van der Waals surface area contributed by atoms with E-state index in [9.17, 15) is 9.90 Å². The molecule has 2 heteroatoms. The molecule has 1 atom stereocenters. The summed E-state index contributed by atoms with van der Waals surface area (Å²) >= 11 is 0. The Hall–Kier alpha value is -1.93. The monoisotopic (exact) mass is 256 g/mol. The molecule has 1 unspecified atom stereocenters. The molecule has 0 aliphatic carbocycles. The SMILES string of the molecule is C=C/C(=C\C=C/C)C(C)(O)c1ccccc1C(C)=O. The van der Waals surface area contributed by atoms with E-state index in [0.717, 1.165) is 0 Å². The first-order chi connectivity index (χ1) is 8.95. The molecule has 0 heterocycles. The molecule has 100 valence electrons. The summed E-state index contributed by atoms with van der Waals surface area (Å²) in [5.41, 5.74) is 0.530. The van der Waals surface area contributed by atoms with Crippen LogP contribution in [0, 0.1) is 0 Å². The van der Waals surface area contributed by atoms with E-state index in [0.29, 0.717) is 16.7 Å². The van der Waals surface area contributed by atoms with Crippen molar-refractivity contribution in [2.75, 3.05) is 0 Å². The average Bonchev–Trinajstić information content (AvgIpc) is 2.39. The highest BCUT2D eigenvalue weighted by Crippen LogP contribution is 2.32. The lowest BCUT2D eigenvalue weighted by molar-refractivity contribution is 0.0929. The number of Topliss-reactive ketones (excluding diaryl/α,β-unsaturated/α-hetero) is 1. The number of benzene rings is 1. The number of rotatable bonds is 5. The number of allylic oxidation sites excluding steroid dienone is 3. The van der Waals surface area contributed by atoms with Gasteiger partial charge >= 0.3 is 0 Å². The maximum absolute atomic E-state index is 11.7. The Labute approximate surface area is 114 Å². The van der Waals surface area contributed by atoms with Crippen LogP contribution in [0.3, 0.4) is 0 Å². The van der Waals surface area contributed by atoms with Gasteiger partial charge in [-0.2, -0.15) is 0 Å². The normalized spacial score (nSPS) is 15.3. The van der Waals surface area contributed by atoms with Crippen LogP contribution in [0.5, 0.6) is 0 Å². The molecule has 1 rings (SSSR count). The summed E-state index contributed by atoms with van der Waals surface area (Å²) in [6, 6.07) is 7.10. The summed E-state index contributed by atoms with van der Waals surface area (Å²) in [6.07, 6.45) is 7.11. The second-order valence-corrected chi connectivity index (χ2v) is 4.53. The molecule has 19 heavy (non-hydrogen) atoms. The molecular formula is C17H20O2. The van der Waals surface area contributed by atoms with Gasteiger partial charge in [0, 0.05) is 5.56 Å². The topological polar surface area (TPSA) is 37.3 Å². The van der Waals surface area contributed by atoms with Crippen molar-refractivity contribution in [2.45, 2.75) is 26.4 Å². The minimum absolute atomic E-state index is 0.0645. The second-order valence-electron chi connectivity index (χ2n) is 4.53. The van der Waals surface area contributed by atoms with Gasteiger partial charge in [-0.1, -0.05) is 55.1 Å². The molecule has 0 saturated heterocycles. The molecule has 1 aromatic rings. The van der Waals surface area contributed by atoms with Crippen molar-refractivity contribution in [1.82, 2.24) is 0 Å². The van der Waals surface area contributed by atoms with Crippen molar-refractivity contribution in [3.63, 3.8) is 0 Å². The molecule has 1 N–H and O–H groups in total. The van der Waals surface area contributed by atoms with Gasteiger partial charge in [0.15, 0.2) is 5.78 Å². The zero-order valence-electron chi connectivity index (χ0n) is 11.7. The Balaban J connectivity index is 3.41. The number of hydrogen-bond donors (Lipinski definition) is 1. The third kappa shape index (κ3) is 3.30. The highest BCUT2D eigenvalue weighted by Gasteiger charge is 2.29. The zero-order valence-corrected chi connectivity index (χ0v) is 11.7. The smallest absolute Gasteiger partial charge is 0.160 e. The van der Waals surface area contributed by atoms with Gasteiger partial charge in [0.1, 0.15) is 5.60 Å². The highest BCUT2D eigenvalue weighted by molar-refractivity contribution is 5.96. The Bertz CT molecular complexity index is 534. The van der Waals surface area contributed by atoms with Crippen molar-refractivity contribution in [1.29, 1.82) is 0 Å². The van der Waals surface area contributed by atoms with Crippen molar-refractivity contribution >= 4 is 5.78 Å². The number of carbonyl (C=O) groups excluding carboxylic acids is 1. The number of carbonyl (C=O) groups is 1. The number of ketones is 1. The minimum Gasteiger partial charge on any atom is -0.381 e. The third-order valence-corrected chi connectivity index (χ3v) is 3.08. The summed E-state index contributed by atoms with van der Waals surface area (Å²) in [5, 5.41) is 10.8. The highest BCUT2D eigenvalue weighted by atomic mass is 16.3. The average molecular weight is 256 g/mol. The van der Waals surface area contributed by atoms with Crippen LogP contribution in [0.2, 0.25) is 0 Å². The molecule has 1 aromatic carbocycles. The fraction of sp³-hybridized carbons (Fsp3) is 0.235. The summed E-state index contributed by atoms with van der Waals surface area (Å²) in [7, 11) is 0. The Morgan fingerprint density at radius 3 is 2.53 bits per heavy atom. The van der Waals surface area contributed by atoms with E-state index >= 15 is 0 Å². The van der Waals surface area contributed by atoms with E-state index in [1.165, 1.54) is 6.92 Å². The van der Waals surface area contributed by atoms with E-state index in [1.54, 1.807) is 37.3 Å². The first-order valence-corrected chi connectivity index (χ1v) is 6.23. The Morgan fingerprint density at radius 2 is 2.00 bits per heavy atom. The van der Waals surface area contributed by atoms with Crippen LogP contribution in [-0.2, 0) is 5.60 Å². The quantitative estimate of drug-likeness (QED) is 0.643. The van der Waals surface area contributed by atoms with Gasteiger partial charge < -0.3 is 5.11 Å². The lowest BCUT2D eigenvalue weighted by Crippen LogP contribution is -2.25. The van der Waals surface area contributed by atoms with Gasteiger partial charge in [-0.15, -0.1) is 0 Å². The summed E-state index contributed by atoms with van der Waals surface area (Å²) in [5.74, 6) is -0.0645. The zero-order chi connectivity index (χ0) is 14.5. The Morgan fingerprint density at radius 1 is 1.37 bits per heavy atom. The first-order valence-electron chi connectivity index (χ1n) is 6.23. The summed E-state index contributed by atoms with van der Waals surface area (Å²) < 4.78 is 0. The molecule has 0 saturated carbocycles. The number of aliphatic hydroxyl groups is 1. The van der Waals surface area contributed by atoms with Gasteiger partial charge in [0.05, 0.1) is 0 Å². The lowest BCUT2D eigenvalue weighted by Gasteiger charge is -2.27. The van der Waals surface area contributed by atoms with Gasteiger partial charge in [-0.25, -0.2) is 0 Å². The van der Waals surface area contributed by atoms with Crippen molar-refractivity contribution < 1.29 is 9.90 Å². The molecule has 0 bridgehead atoms. The molecule has 0 aromatic heterocycles. The molecule has 0 radical (unpaired) electrons. The molecule has 0 amide bonds. The fourth-order valence-corrected chi connectivity index (χ4v) is 2.00. The third-order valence-electron chi connectivity index (χ3n) is 3.08. The van der Waals surface area contributed by atoms with E-state index in [-0.39, 0.29) is 5.78 Å². The van der Waals surface area contributed by atoms with Crippen LogP contribution >= 0.6 is 0 Å². The Kier molecular flexibility index (Phi) is 5.02. The summed E-state index contributed by atoms with van der Waals surface area (Å²) in [4.78, 5) is 11.7. The van der Waals surface area contributed by atoms with Crippen LogP contribution in [0.15, 0.2) is 60.7 Å². The van der Waals surface area contributed by atoms with E-state index < -0.39 is 5.60 Å². The molecule has 0 fully saturated rings. The van der Waals surface area contributed by atoms with E-state index in [2.05, 4.69) is 6.58 Å².